The molecule has 0 amide bonds. The van der Waals surface area contributed by atoms with Gasteiger partial charge in [-0.15, -0.1) is 0 Å². The Bertz CT molecular complexity index is 381. The zero-order valence-corrected chi connectivity index (χ0v) is 8.06. The van der Waals surface area contributed by atoms with Crippen molar-refractivity contribution in [2.75, 3.05) is 6.54 Å². The van der Waals surface area contributed by atoms with E-state index in [0.29, 0.717) is 0 Å². The molecule has 0 heterocycles. The zero-order valence-electron chi connectivity index (χ0n) is 8.06. The highest BCUT2D eigenvalue weighted by molar-refractivity contribution is 5.62. The molecule has 1 rings (SSSR count). The number of aliphatic hydroxyl groups excluding tert-OH is 1. The molecule has 0 fully saturated rings. The van der Waals surface area contributed by atoms with E-state index >= 15 is 0 Å². The fourth-order valence-corrected chi connectivity index (χ4v) is 1.08. The van der Waals surface area contributed by atoms with E-state index in [4.69, 9.17) is 5.11 Å². The molecule has 0 aliphatic carbocycles. The summed E-state index contributed by atoms with van der Waals surface area (Å²) in [5.74, 6) is -1.53. The summed E-state index contributed by atoms with van der Waals surface area (Å²) in [6.07, 6.45) is 0. The average Bonchev–Trinajstić information content (AvgIpc) is 2.14. The van der Waals surface area contributed by atoms with Gasteiger partial charge in [0.2, 0.25) is 0 Å². The standard InChI is InChI=1S/C11H11F2NO/c1-7(15)6-14-8(2)11-9(12)4-3-5-10(11)13/h3-5,14-15H,1-2,6H2. The van der Waals surface area contributed by atoms with E-state index in [2.05, 4.69) is 18.5 Å². The highest BCUT2D eigenvalue weighted by atomic mass is 19.1. The van der Waals surface area contributed by atoms with Crippen LogP contribution in [0.1, 0.15) is 5.56 Å². The fourth-order valence-electron chi connectivity index (χ4n) is 1.08. The quantitative estimate of drug-likeness (QED) is 0.750. The SMILES string of the molecule is C=C(O)CNC(=C)c1c(F)cccc1F. The smallest absolute Gasteiger partial charge is 0.135 e. The second-order valence-electron chi connectivity index (χ2n) is 2.99. The second-order valence-corrected chi connectivity index (χ2v) is 2.99. The maximum Gasteiger partial charge on any atom is 0.135 e. The fraction of sp³-hybridized carbons (Fsp3) is 0.0909. The molecule has 1 aromatic rings. The highest BCUT2D eigenvalue weighted by Crippen LogP contribution is 2.18. The number of nitrogens with one attached hydrogen (secondary N) is 1. The largest absolute Gasteiger partial charge is 0.511 e. The lowest BCUT2D eigenvalue weighted by molar-refractivity contribution is 0.400. The minimum Gasteiger partial charge on any atom is -0.511 e. The zero-order chi connectivity index (χ0) is 11.4. The van der Waals surface area contributed by atoms with Gasteiger partial charge in [-0.2, -0.15) is 0 Å². The third kappa shape index (κ3) is 2.80. The molecule has 4 heteroatoms. The molecule has 0 radical (unpaired) electrons. The Labute approximate surface area is 86.6 Å². The summed E-state index contributed by atoms with van der Waals surface area (Å²) in [6.45, 7) is 6.71. The van der Waals surface area contributed by atoms with Gasteiger partial charge in [0, 0.05) is 5.70 Å². The molecule has 0 saturated heterocycles. The number of hydrogen-bond acceptors (Lipinski definition) is 2. The Morgan fingerprint density at radius 1 is 1.27 bits per heavy atom. The normalized spacial score (nSPS) is 9.73. The van der Waals surface area contributed by atoms with E-state index in [1.165, 1.54) is 6.07 Å². The summed E-state index contributed by atoms with van der Waals surface area (Å²) in [5.41, 5.74) is -0.153. The molecule has 15 heavy (non-hydrogen) atoms. The second kappa shape index (κ2) is 4.59. The molecule has 2 nitrogen and oxygen atoms in total. The van der Waals surface area contributed by atoms with Gasteiger partial charge in [-0.25, -0.2) is 8.78 Å². The summed E-state index contributed by atoms with van der Waals surface area (Å²) < 4.78 is 26.4. The summed E-state index contributed by atoms with van der Waals surface area (Å²) in [4.78, 5) is 0. The molecule has 1 aromatic carbocycles. The van der Waals surface area contributed by atoms with Crippen LogP contribution in [0.2, 0.25) is 0 Å². The Morgan fingerprint density at radius 2 is 1.80 bits per heavy atom. The first-order valence-electron chi connectivity index (χ1n) is 4.26. The first-order valence-corrected chi connectivity index (χ1v) is 4.26. The van der Waals surface area contributed by atoms with Crippen LogP contribution in [0.5, 0.6) is 0 Å². The molecule has 80 valence electrons. The molecular weight excluding hydrogens is 200 g/mol. The molecule has 0 spiro atoms. The molecule has 0 saturated carbocycles. The Morgan fingerprint density at radius 3 is 2.27 bits per heavy atom. The summed E-state index contributed by atoms with van der Waals surface area (Å²) in [6, 6.07) is 3.55. The molecule has 0 unspecified atom stereocenters. The van der Waals surface area contributed by atoms with Gasteiger partial charge in [0.25, 0.3) is 0 Å². The van der Waals surface area contributed by atoms with Crippen molar-refractivity contribution in [2.45, 2.75) is 0 Å². The van der Waals surface area contributed by atoms with Gasteiger partial charge in [0.15, 0.2) is 0 Å². The first kappa shape index (κ1) is 11.2. The molecule has 0 atom stereocenters. The van der Waals surface area contributed by atoms with Gasteiger partial charge >= 0.3 is 0 Å². The van der Waals surface area contributed by atoms with Crippen LogP contribution in [0, 0.1) is 11.6 Å². The molecule has 0 bridgehead atoms. The van der Waals surface area contributed by atoms with Crippen molar-refractivity contribution in [1.29, 1.82) is 0 Å². The number of hydrogen-bond donors (Lipinski definition) is 2. The van der Waals surface area contributed by atoms with E-state index in [-0.39, 0.29) is 23.6 Å². The van der Waals surface area contributed by atoms with Crippen molar-refractivity contribution in [1.82, 2.24) is 5.32 Å². The Kier molecular flexibility index (Phi) is 3.44. The van der Waals surface area contributed by atoms with E-state index < -0.39 is 11.6 Å². The van der Waals surface area contributed by atoms with Gasteiger partial charge in [-0.1, -0.05) is 19.2 Å². The van der Waals surface area contributed by atoms with E-state index in [1.54, 1.807) is 0 Å². The summed E-state index contributed by atoms with van der Waals surface area (Å²) >= 11 is 0. The Balaban J connectivity index is 2.86. The minimum absolute atomic E-state index is 0.00656. The molecule has 0 aliphatic heterocycles. The topological polar surface area (TPSA) is 32.3 Å². The number of halogens is 2. The van der Waals surface area contributed by atoms with Gasteiger partial charge in [-0.3, -0.25) is 0 Å². The molecule has 0 aliphatic rings. The molecular formula is C11H11F2NO. The Hall–Kier alpha value is -1.84. The van der Waals surface area contributed by atoms with Crippen molar-refractivity contribution in [3.63, 3.8) is 0 Å². The van der Waals surface area contributed by atoms with Crippen molar-refractivity contribution in [2.24, 2.45) is 0 Å². The third-order valence-electron chi connectivity index (χ3n) is 1.77. The van der Waals surface area contributed by atoms with Crippen LogP contribution >= 0.6 is 0 Å². The van der Waals surface area contributed by atoms with Crippen molar-refractivity contribution >= 4 is 5.70 Å². The third-order valence-corrected chi connectivity index (χ3v) is 1.77. The van der Waals surface area contributed by atoms with Gasteiger partial charge in [0.1, 0.15) is 17.4 Å². The van der Waals surface area contributed by atoms with Crippen LogP contribution in [-0.2, 0) is 0 Å². The van der Waals surface area contributed by atoms with Crippen molar-refractivity contribution in [3.8, 4) is 0 Å². The highest BCUT2D eigenvalue weighted by Gasteiger charge is 2.11. The number of benzene rings is 1. The maximum atomic E-state index is 13.2. The van der Waals surface area contributed by atoms with E-state index in [1.807, 2.05) is 0 Å². The summed E-state index contributed by atoms with van der Waals surface area (Å²) in [7, 11) is 0. The van der Waals surface area contributed by atoms with Gasteiger partial charge in [0.05, 0.1) is 12.1 Å². The lowest BCUT2D eigenvalue weighted by Crippen LogP contribution is -2.16. The average molecular weight is 211 g/mol. The summed E-state index contributed by atoms with van der Waals surface area (Å²) in [5, 5.41) is 11.4. The van der Waals surface area contributed by atoms with E-state index in [0.717, 1.165) is 12.1 Å². The first-order chi connectivity index (χ1) is 7.02. The lowest BCUT2D eigenvalue weighted by atomic mass is 10.1. The van der Waals surface area contributed by atoms with Gasteiger partial charge in [-0.05, 0) is 12.1 Å². The van der Waals surface area contributed by atoms with Crippen LogP contribution in [-0.4, -0.2) is 11.7 Å². The predicted molar refractivity (Wildman–Crippen MR) is 55.2 cm³/mol. The van der Waals surface area contributed by atoms with Crippen LogP contribution in [0.3, 0.4) is 0 Å². The molecule has 0 aromatic heterocycles. The number of rotatable bonds is 4. The van der Waals surface area contributed by atoms with Crippen molar-refractivity contribution < 1.29 is 13.9 Å². The van der Waals surface area contributed by atoms with Crippen LogP contribution in [0.4, 0.5) is 8.78 Å². The molecule has 2 N–H and O–H groups in total. The van der Waals surface area contributed by atoms with Crippen LogP contribution in [0.15, 0.2) is 37.1 Å². The lowest BCUT2D eigenvalue weighted by Gasteiger charge is -2.10. The maximum absolute atomic E-state index is 13.2. The van der Waals surface area contributed by atoms with Gasteiger partial charge < -0.3 is 10.4 Å². The van der Waals surface area contributed by atoms with Crippen molar-refractivity contribution in [3.05, 3.63) is 54.3 Å². The van der Waals surface area contributed by atoms with Crippen LogP contribution < -0.4 is 5.32 Å². The minimum atomic E-state index is -0.698. The monoisotopic (exact) mass is 211 g/mol. The van der Waals surface area contributed by atoms with Crippen LogP contribution in [0.25, 0.3) is 5.70 Å². The van der Waals surface area contributed by atoms with E-state index in [9.17, 15) is 8.78 Å². The predicted octanol–water partition coefficient (Wildman–Crippen LogP) is 2.60. The number of aliphatic hydroxyl groups is 1.